The van der Waals surface area contributed by atoms with Gasteiger partial charge in [-0.05, 0) is 54.8 Å². The Bertz CT molecular complexity index is 719. The lowest BCUT2D eigenvalue weighted by atomic mass is 10.1. The lowest BCUT2D eigenvalue weighted by Crippen LogP contribution is -2.43. The highest BCUT2D eigenvalue weighted by Crippen LogP contribution is 2.22. The van der Waals surface area contributed by atoms with Gasteiger partial charge in [0.25, 0.3) is 0 Å². The Morgan fingerprint density at radius 2 is 1.59 bits per heavy atom. The molecular formula is C21H24N2O4. The molecule has 1 fully saturated rings. The molecule has 142 valence electrons. The topological polar surface area (TPSA) is 67.9 Å². The van der Waals surface area contributed by atoms with E-state index in [1.54, 1.807) is 43.4 Å². The van der Waals surface area contributed by atoms with E-state index in [1.165, 1.54) is 0 Å². The summed E-state index contributed by atoms with van der Waals surface area (Å²) in [6.45, 7) is 0.607. The monoisotopic (exact) mass is 368 g/mol. The van der Waals surface area contributed by atoms with E-state index in [9.17, 15) is 9.59 Å². The van der Waals surface area contributed by atoms with Gasteiger partial charge < -0.3 is 19.7 Å². The maximum Gasteiger partial charge on any atom is 0.247 e. The summed E-state index contributed by atoms with van der Waals surface area (Å²) in [6, 6.07) is 14.1. The molecule has 6 heteroatoms. The van der Waals surface area contributed by atoms with Gasteiger partial charge in [-0.15, -0.1) is 0 Å². The Morgan fingerprint density at radius 1 is 1.00 bits per heavy atom. The molecule has 1 atom stereocenters. The summed E-state index contributed by atoms with van der Waals surface area (Å²) in [5.41, 5.74) is 1.59. The Labute approximate surface area is 159 Å². The second-order valence-electron chi connectivity index (χ2n) is 6.49. The van der Waals surface area contributed by atoms with Gasteiger partial charge in [-0.3, -0.25) is 9.59 Å². The van der Waals surface area contributed by atoms with Gasteiger partial charge in [0.2, 0.25) is 11.8 Å². The lowest BCUT2D eigenvalue weighted by Gasteiger charge is -2.24. The number of carbonyl (C=O) groups excluding carboxylic acids is 2. The van der Waals surface area contributed by atoms with Crippen molar-refractivity contribution in [2.45, 2.75) is 25.3 Å². The van der Waals surface area contributed by atoms with Crippen molar-refractivity contribution < 1.29 is 19.1 Å². The van der Waals surface area contributed by atoms with Crippen LogP contribution in [-0.2, 0) is 16.0 Å². The van der Waals surface area contributed by atoms with Crippen molar-refractivity contribution in [3.05, 3.63) is 54.1 Å². The number of benzene rings is 2. The Hall–Kier alpha value is -3.02. The van der Waals surface area contributed by atoms with Gasteiger partial charge in [-0.2, -0.15) is 0 Å². The van der Waals surface area contributed by atoms with Crippen molar-refractivity contribution in [2.75, 3.05) is 26.1 Å². The molecule has 0 radical (unpaired) electrons. The number of methoxy groups -OCH3 is 2. The summed E-state index contributed by atoms with van der Waals surface area (Å²) in [6.07, 6.45) is 1.78. The minimum atomic E-state index is -0.433. The van der Waals surface area contributed by atoms with Crippen LogP contribution in [0.3, 0.4) is 0 Å². The number of anilines is 1. The SMILES string of the molecule is COc1ccc(CC(=O)N2CCCC2C(=O)Nc2ccc(OC)cc2)cc1. The number of ether oxygens (including phenoxy) is 2. The molecule has 0 saturated carbocycles. The normalized spacial score (nSPS) is 16.1. The molecule has 0 spiro atoms. The summed E-state index contributed by atoms with van der Waals surface area (Å²) in [5, 5.41) is 2.89. The number of rotatable bonds is 6. The molecule has 0 aromatic heterocycles. The van der Waals surface area contributed by atoms with Crippen LogP contribution in [0.5, 0.6) is 11.5 Å². The summed E-state index contributed by atoms with van der Waals surface area (Å²) >= 11 is 0. The van der Waals surface area contributed by atoms with E-state index in [2.05, 4.69) is 5.32 Å². The van der Waals surface area contributed by atoms with E-state index in [4.69, 9.17) is 9.47 Å². The summed E-state index contributed by atoms with van der Waals surface area (Å²) < 4.78 is 10.3. The molecule has 6 nitrogen and oxygen atoms in total. The first-order valence-electron chi connectivity index (χ1n) is 8.98. The molecule has 3 rings (SSSR count). The molecular weight excluding hydrogens is 344 g/mol. The third-order valence-electron chi connectivity index (χ3n) is 4.75. The van der Waals surface area contributed by atoms with Crippen molar-refractivity contribution in [1.82, 2.24) is 4.90 Å². The van der Waals surface area contributed by atoms with Crippen molar-refractivity contribution in [3.63, 3.8) is 0 Å². The Morgan fingerprint density at radius 3 is 2.19 bits per heavy atom. The summed E-state index contributed by atoms with van der Waals surface area (Å²) in [5.74, 6) is 1.29. The molecule has 2 aromatic carbocycles. The van der Waals surface area contributed by atoms with Crippen molar-refractivity contribution >= 4 is 17.5 Å². The average Bonchev–Trinajstić information content (AvgIpc) is 3.19. The van der Waals surface area contributed by atoms with Crippen LogP contribution >= 0.6 is 0 Å². The molecule has 1 saturated heterocycles. The van der Waals surface area contributed by atoms with Crippen LogP contribution in [0.1, 0.15) is 18.4 Å². The van der Waals surface area contributed by atoms with Crippen molar-refractivity contribution in [2.24, 2.45) is 0 Å². The number of hydrogen-bond acceptors (Lipinski definition) is 4. The van der Waals surface area contributed by atoms with E-state index in [0.717, 1.165) is 23.5 Å². The minimum absolute atomic E-state index is 0.0347. The minimum Gasteiger partial charge on any atom is -0.497 e. The molecule has 1 aliphatic rings. The number of nitrogens with zero attached hydrogens (tertiary/aromatic N) is 1. The van der Waals surface area contributed by atoms with Crippen molar-refractivity contribution in [1.29, 1.82) is 0 Å². The van der Waals surface area contributed by atoms with Crippen LogP contribution in [0.2, 0.25) is 0 Å². The molecule has 1 unspecified atom stereocenters. The standard InChI is InChI=1S/C21H24N2O4/c1-26-17-9-5-15(6-10-17)14-20(24)23-13-3-4-19(23)21(25)22-16-7-11-18(27-2)12-8-16/h5-12,19H,3-4,13-14H2,1-2H3,(H,22,25). The second kappa shape index (κ2) is 8.58. The second-order valence-corrected chi connectivity index (χ2v) is 6.49. The van der Waals surface area contributed by atoms with Crippen LogP contribution in [-0.4, -0.2) is 43.5 Å². The number of carbonyl (C=O) groups is 2. The predicted molar refractivity (Wildman–Crippen MR) is 103 cm³/mol. The zero-order valence-electron chi connectivity index (χ0n) is 15.6. The maximum atomic E-state index is 12.7. The van der Waals surface area contributed by atoms with Crippen LogP contribution in [0.25, 0.3) is 0 Å². The third-order valence-corrected chi connectivity index (χ3v) is 4.75. The highest BCUT2D eigenvalue weighted by molar-refractivity contribution is 5.97. The number of likely N-dealkylation sites (tertiary alicyclic amines) is 1. The zero-order chi connectivity index (χ0) is 19.2. The smallest absolute Gasteiger partial charge is 0.247 e. The van der Waals surface area contributed by atoms with E-state index in [-0.39, 0.29) is 18.2 Å². The van der Waals surface area contributed by atoms with E-state index in [1.807, 2.05) is 24.3 Å². The Balaban J connectivity index is 1.62. The number of hydrogen-bond donors (Lipinski definition) is 1. The third kappa shape index (κ3) is 4.58. The van der Waals surface area contributed by atoms with E-state index >= 15 is 0 Å². The van der Waals surface area contributed by atoms with Crippen molar-refractivity contribution in [3.8, 4) is 11.5 Å². The van der Waals surface area contributed by atoms with Gasteiger partial charge in [0.05, 0.1) is 20.6 Å². The molecule has 2 aromatic rings. The van der Waals surface area contributed by atoms with Gasteiger partial charge in [-0.1, -0.05) is 12.1 Å². The van der Waals surface area contributed by atoms with E-state index in [0.29, 0.717) is 18.7 Å². The molecule has 0 aliphatic carbocycles. The van der Waals surface area contributed by atoms with Gasteiger partial charge >= 0.3 is 0 Å². The molecule has 1 heterocycles. The molecule has 0 bridgehead atoms. The first-order chi connectivity index (χ1) is 13.1. The predicted octanol–water partition coefficient (Wildman–Crippen LogP) is 2.88. The molecule has 27 heavy (non-hydrogen) atoms. The van der Waals surface area contributed by atoms with Crippen LogP contribution in [0.4, 0.5) is 5.69 Å². The first-order valence-corrected chi connectivity index (χ1v) is 8.98. The van der Waals surface area contributed by atoms with Crippen LogP contribution in [0.15, 0.2) is 48.5 Å². The Kier molecular flexibility index (Phi) is 5.96. The quantitative estimate of drug-likeness (QED) is 0.851. The largest absolute Gasteiger partial charge is 0.497 e. The molecule has 1 N–H and O–H groups in total. The number of nitrogens with one attached hydrogen (secondary N) is 1. The average molecular weight is 368 g/mol. The van der Waals surface area contributed by atoms with Gasteiger partial charge in [0.1, 0.15) is 17.5 Å². The summed E-state index contributed by atoms with van der Waals surface area (Å²) in [7, 11) is 3.20. The summed E-state index contributed by atoms with van der Waals surface area (Å²) in [4.78, 5) is 27.1. The van der Waals surface area contributed by atoms with Gasteiger partial charge in [0.15, 0.2) is 0 Å². The van der Waals surface area contributed by atoms with Gasteiger partial charge in [-0.25, -0.2) is 0 Å². The van der Waals surface area contributed by atoms with Crippen LogP contribution in [0, 0.1) is 0 Å². The van der Waals surface area contributed by atoms with Gasteiger partial charge in [0, 0.05) is 12.2 Å². The highest BCUT2D eigenvalue weighted by Gasteiger charge is 2.33. The fourth-order valence-electron chi connectivity index (χ4n) is 3.26. The fourth-order valence-corrected chi connectivity index (χ4v) is 3.26. The van der Waals surface area contributed by atoms with E-state index < -0.39 is 6.04 Å². The highest BCUT2D eigenvalue weighted by atomic mass is 16.5. The first kappa shape index (κ1) is 18.8. The number of amides is 2. The lowest BCUT2D eigenvalue weighted by molar-refractivity contribution is -0.136. The maximum absolute atomic E-state index is 12.7. The molecule has 1 aliphatic heterocycles. The molecule has 2 amide bonds. The zero-order valence-corrected chi connectivity index (χ0v) is 15.6. The van der Waals surface area contributed by atoms with Crippen LogP contribution < -0.4 is 14.8 Å². The fraction of sp³-hybridized carbons (Fsp3) is 0.333.